The molecule has 4 heteroatoms. The van der Waals surface area contributed by atoms with Crippen LogP contribution in [-0.2, 0) is 0 Å². The Morgan fingerprint density at radius 1 is 0.500 bits per heavy atom. The molecule has 0 fully saturated rings. The van der Waals surface area contributed by atoms with Gasteiger partial charge in [0.25, 0.3) is 0 Å². The van der Waals surface area contributed by atoms with Gasteiger partial charge in [-0.15, -0.1) is 22.7 Å². The lowest BCUT2D eigenvalue weighted by atomic mass is 10.0. The number of aromatic nitrogens is 1. The third-order valence-corrected chi connectivity index (χ3v) is 10.7. The van der Waals surface area contributed by atoms with Crippen molar-refractivity contribution in [3.63, 3.8) is 0 Å². The lowest BCUT2D eigenvalue weighted by molar-refractivity contribution is 0.673. The zero-order valence-corrected chi connectivity index (χ0v) is 22.8. The maximum atomic E-state index is 6.76. The predicted molar refractivity (Wildman–Crippen MR) is 174 cm³/mol. The Labute approximate surface area is 235 Å². The van der Waals surface area contributed by atoms with Crippen molar-refractivity contribution in [2.24, 2.45) is 0 Å². The summed E-state index contributed by atoms with van der Waals surface area (Å²) in [5.41, 5.74) is 5.51. The van der Waals surface area contributed by atoms with Crippen LogP contribution in [0.3, 0.4) is 0 Å². The SMILES string of the molecule is c1ccc2c(c1)oc1c2c2c3ccccc3sc2c2c1c1ccccc1n2-c1ccc2sc3ccccc3c2c1. The van der Waals surface area contributed by atoms with E-state index in [1.54, 1.807) is 0 Å². The molecule has 0 radical (unpaired) electrons. The van der Waals surface area contributed by atoms with Crippen LogP contribution in [0.1, 0.15) is 0 Å². The van der Waals surface area contributed by atoms with Gasteiger partial charge < -0.3 is 8.98 Å². The van der Waals surface area contributed by atoms with E-state index in [0.29, 0.717) is 0 Å². The summed E-state index contributed by atoms with van der Waals surface area (Å²) in [7, 11) is 0. The first-order valence-electron chi connectivity index (χ1n) is 13.4. The van der Waals surface area contributed by atoms with Gasteiger partial charge in [0.2, 0.25) is 0 Å². The van der Waals surface area contributed by atoms with E-state index in [1.807, 2.05) is 22.7 Å². The van der Waals surface area contributed by atoms with E-state index < -0.39 is 0 Å². The predicted octanol–water partition coefficient (Wildman–Crippen LogP) is 11.4. The van der Waals surface area contributed by atoms with E-state index in [1.165, 1.54) is 78.6 Å². The Balaban J connectivity index is 1.49. The van der Waals surface area contributed by atoms with Gasteiger partial charge in [0.1, 0.15) is 11.2 Å². The first-order chi connectivity index (χ1) is 19.8. The van der Waals surface area contributed by atoms with Crippen molar-refractivity contribution in [1.29, 1.82) is 0 Å². The standard InChI is InChI=1S/C36H19NOS2/c1-5-13-26-22(10-1)33-34(37(26)20-17-18-30-25(19-20)21-9-3-7-15-28(21)39-30)36-32(24-12-4-8-16-29(24)40-36)31-23-11-2-6-14-27(23)38-35(31)33/h1-19H. The zero-order chi connectivity index (χ0) is 25.9. The highest BCUT2D eigenvalue weighted by Crippen LogP contribution is 2.50. The van der Waals surface area contributed by atoms with Crippen molar-refractivity contribution in [3.05, 3.63) is 115 Å². The summed E-state index contributed by atoms with van der Waals surface area (Å²) in [5.74, 6) is 0. The summed E-state index contributed by atoms with van der Waals surface area (Å²) in [6, 6.07) is 41.7. The molecular formula is C36H19NOS2. The molecule has 0 aliphatic carbocycles. The quantitative estimate of drug-likeness (QED) is 0.201. The molecule has 40 heavy (non-hydrogen) atoms. The largest absolute Gasteiger partial charge is 0.455 e. The molecule has 0 amide bonds. The highest BCUT2D eigenvalue weighted by Gasteiger charge is 2.25. The maximum absolute atomic E-state index is 6.76. The van der Waals surface area contributed by atoms with Crippen molar-refractivity contribution >= 4 is 107 Å². The van der Waals surface area contributed by atoms with Gasteiger partial charge in [-0.2, -0.15) is 0 Å². The van der Waals surface area contributed by atoms with E-state index >= 15 is 0 Å². The summed E-state index contributed by atoms with van der Waals surface area (Å²) in [4.78, 5) is 0. The fourth-order valence-electron chi connectivity index (χ4n) is 6.74. The third-order valence-electron chi connectivity index (χ3n) is 8.38. The average Bonchev–Trinajstić information content (AvgIpc) is 3.75. The van der Waals surface area contributed by atoms with Crippen LogP contribution in [0.2, 0.25) is 0 Å². The monoisotopic (exact) mass is 545 g/mol. The second-order valence-corrected chi connectivity index (χ2v) is 12.6. The Bertz CT molecular complexity index is 2660. The number of nitrogens with zero attached hydrogens (tertiary/aromatic N) is 1. The highest BCUT2D eigenvalue weighted by atomic mass is 32.1. The van der Waals surface area contributed by atoms with E-state index in [-0.39, 0.29) is 0 Å². The Morgan fingerprint density at radius 2 is 1.18 bits per heavy atom. The molecule has 10 aromatic rings. The highest BCUT2D eigenvalue weighted by molar-refractivity contribution is 7.27. The number of rotatable bonds is 1. The van der Waals surface area contributed by atoms with Crippen molar-refractivity contribution in [2.45, 2.75) is 0 Å². The molecule has 0 aliphatic heterocycles. The topological polar surface area (TPSA) is 18.1 Å². The second-order valence-electron chi connectivity index (χ2n) is 10.5. The number of hydrogen-bond acceptors (Lipinski definition) is 3. The smallest absolute Gasteiger partial charge is 0.146 e. The Kier molecular flexibility index (Phi) is 3.98. The van der Waals surface area contributed by atoms with Crippen molar-refractivity contribution in [3.8, 4) is 5.69 Å². The van der Waals surface area contributed by atoms with Gasteiger partial charge in [0.15, 0.2) is 0 Å². The van der Waals surface area contributed by atoms with Gasteiger partial charge >= 0.3 is 0 Å². The normalized spacial score (nSPS) is 12.5. The number of benzene rings is 6. The van der Waals surface area contributed by atoms with Crippen LogP contribution in [0.25, 0.3) is 89.8 Å². The third kappa shape index (κ3) is 2.58. The molecule has 4 heterocycles. The van der Waals surface area contributed by atoms with Gasteiger partial charge in [0.05, 0.1) is 21.1 Å². The van der Waals surface area contributed by atoms with E-state index in [9.17, 15) is 0 Å². The molecule has 6 aromatic carbocycles. The first kappa shape index (κ1) is 21.2. The molecule has 10 rings (SSSR count). The summed E-state index contributed by atoms with van der Waals surface area (Å²) >= 11 is 3.75. The van der Waals surface area contributed by atoms with E-state index in [0.717, 1.165) is 11.2 Å². The number of furan rings is 1. The number of hydrogen-bond donors (Lipinski definition) is 0. The van der Waals surface area contributed by atoms with Crippen LogP contribution < -0.4 is 0 Å². The zero-order valence-electron chi connectivity index (χ0n) is 21.1. The van der Waals surface area contributed by atoms with Gasteiger partial charge in [0, 0.05) is 57.5 Å². The number of para-hydroxylation sites is 2. The van der Waals surface area contributed by atoms with Crippen molar-refractivity contribution < 1.29 is 4.42 Å². The molecule has 0 bridgehead atoms. The number of fused-ring (bicyclic) bond motifs is 15. The summed E-state index contributed by atoms with van der Waals surface area (Å²) in [6.07, 6.45) is 0. The average molecular weight is 546 g/mol. The molecule has 0 N–H and O–H groups in total. The summed E-state index contributed by atoms with van der Waals surface area (Å²) < 4.78 is 14.5. The first-order valence-corrected chi connectivity index (χ1v) is 15.1. The lowest BCUT2D eigenvalue weighted by Gasteiger charge is -2.09. The van der Waals surface area contributed by atoms with E-state index in [4.69, 9.17) is 4.42 Å². The molecule has 0 spiro atoms. The second kappa shape index (κ2) is 7.51. The molecule has 0 saturated heterocycles. The van der Waals surface area contributed by atoms with Gasteiger partial charge in [-0.3, -0.25) is 0 Å². The molecule has 186 valence electrons. The van der Waals surface area contributed by atoms with Crippen LogP contribution in [-0.4, -0.2) is 4.57 Å². The molecule has 2 nitrogen and oxygen atoms in total. The summed E-state index contributed by atoms with van der Waals surface area (Å²) in [6.45, 7) is 0. The maximum Gasteiger partial charge on any atom is 0.146 e. The van der Waals surface area contributed by atoms with Crippen LogP contribution in [0.4, 0.5) is 0 Å². The molecule has 4 aromatic heterocycles. The van der Waals surface area contributed by atoms with Gasteiger partial charge in [-0.05, 0) is 42.5 Å². The van der Waals surface area contributed by atoms with Crippen LogP contribution in [0.5, 0.6) is 0 Å². The van der Waals surface area contributed by atoms with Crippen LogP contribution in [0.15, 0.2) is 120 Å². The molecular weight excluding hydrogens is 527 g/mol. The Hall–Kier alpha value is -4.64. The minimum Gasteiger partial charge on any atom is -0.455 e. The van der Waals surface area contributed by atoms with Gasteiger partial charge in [-0.25, -0.2) is 0 Å². The summed E-state index contributed by atoms with van der Waals surface area (Å²) in [5, 5.41) is 10.0. The minimum atomic E-state index is 0.935. The van der Waals surface area contributed by atoms with Crippen molar-refractivity contribution in [1.82, 2.24) is 4.57 Å². The van der Waals surface area contributed by atoms with Gasteiger partial charge in [-0.1, -0.05) is 72.8 Å². The number of thiophene rings is 2. The minimum absolute atomic E-state index is 0.935. The molecule has 0 saturated carbocycles. The fraction of sp³-hybridized carbons (Fsp3) is 0. The van der Waals surface area contributed by atoms with Crippen LogP contribution >= 0.6 is 22.7 Å². The fourth-order valence-corrected chi connectivity index (χ4v) is 9.07. The Morgan fingerprint density at radius 3 is 2.05 bits per heavy atom. The van der Waals surface area contributed by atoms with Crippen LogP contribution in [0, 0.1) is 0 Å². The van der Waals surface area contributed by atoms with Crippen molar-refractivity contribution in [2.75, 3.05) is 0 Å². The van der Waals surface area contributed by atoms with E-state index in [2.05, 4.69) is 120 Å². The molecule has 0 aliphatic rings. The molecule has 0 unspecified atom stereocenters. The lowest BCUT2D eigenvalue weighted by Crippen LogP contribution is -1.93. The molecule has 0 atom stereocenters.